The highest BCUT2D eigenvalue weighted by Gasteiger charge is 2.15. The third kappa shape index (κ3) is 6.30. The Hall–Kier alpha value is -2.51. The third-order valence-electron chi connectivity index (χ3n) is 4.23. The molecular weight excluding hydrogens is 362 g/mol. The van der Waals surface area contributed by atoms with E-state index in [1.807, 2.05) is 20.4 Å². The minimum Gasteiger partial charge on any atom is -0.478 e. The molecule has 1 atom stereocenters. The highest BCUT2D eigenvalue weighted by molar-refractivity contribution is 7.98. The molecule has 0 fully saturated rings. The summed E-state index contributed by atoms with van der Waals surface area (Å²) in [6.07, 6.45) is 2.04. The summed E-state index contributed by atoms with van der Waals surface area (Å²) in [5, 5.41) is 14.6. The average Bonchev–Trinajstić information content (AvgIpc) is 2.67. The Morgan fingerprint density at radius 3 is 2.19 bits per heavy atom. The van der Waals surface area contributed by atoms with Crippen LogP contribution in [0.4, 0.5) is 4.79 Å². The van der Waals surface area contributed by atoms with E-state index in [0.717, 1.165) is 11.1 Å². The van der Waals surface area contributed by atoms with Crippen molar-refractivity contribution in [3.05, 3.63) is 65.2 Å². The van der Waals surface area contributed by atoms with E-state index in [0.29, 0.717) is 13.1 Å². The Bertz CT molecular complexity index is 761. The largest absolute Gasteiger partial charge is 0.478 e. The van der Waals surface area contributed by atoms with Gasteiger partial charge in [-0.25, -0.2) is 9.59 Å². The Morgan fingerprint density at radius 2 is 1.67 bits per heavy atom. The second kappa shape index (κ2) is 9.99. The number of thioether (sulfide) groups is 1. The van der Waals surface area contributed by atoms with Crippen LogP contribution in [0.1, 0.15) is 27.5 Å². The molecule has 0 aromatic heterocycles. The zero-order valence-electron chi connectivity index (χ0n) is 15.7. The normalized spacial score (nSPS) is 11.9. The van der Waals surface area contributed by atoms with Crippen LogP contribution in [-0.2, 0) is 6.54 Å². The van der Waals surface area contributed by atoms with Crippen molar-refractivity contribution in [1.82, 2.24) is 15.5 Å². The van der Waals surface area contributed by atoms with E-state index < -0.39 is 5.97 Å². The van der Waals surface area contributed by atoms with Gasteiger partial charge in [0.25, 0.3) is 0 Å². The molecular formula is C20H25N3O3S. The summed E-state index contributed by atoms with van der Waals surface area (Å²) in [6.45, 7) is 0.816. The first kappa shape index (κ1) is 20.8. The highest BCUT2D eigenvalue weighted by Crippen LogP contribution is 2.21. The van der Waals surface area contributed by atoms with Crippen molar-refractivity contribution in [2.45, 2.75) is 17.5 Å². The maximum absolute atomic E-state index is 12.1. The quantitative estimate of drug-likeness (QED) is 0.606. The molecule has 2 amide bonds. The van der Waals surface area contributed by atoms with E-state index in [1.165, 1.54) is 17.0 Å². The Kier molecular flexibility index (Phi) is 7.69. The highest BCUT2D eigenvalue weighted by atomic mass is 32.2. The second-order valence-electron chi connectivity index (χ2n) is 6.32. The molecule has 0 saturated heterocycles. The van der Waals surface area contributed by atoms with Gasteiger partial charge in [-0.05, 0) is 55.7 Å². The molecule has 6 nitrogen and oxygen atoms in total. The molecule has 1 unspecified atom stereocenters. The lowest BCUT2D eigenvalue weighted by atomic mass is 10.1. The summed E-state index contributed by atoms with van der Waals surface area (Å²) in [5.41, 5.74) is 2.21. The van der Waals surface area contributed by atoms with Crippen LogP contribution in [0.5, 0.6) is 0 Å². The predicted octanol–water partition coefficient (Wildman–Crippen LogP) is 3.21. The number of hydrogen-bond donors (Lipinski definition) is 3. The lowest BCUT2D eigenvalue weighted by Crippen LogP contribution is -2.40. The smallest absolute Gasteiger partial charge is 0.335 e. The van der Waals surface area contributed by atoms with E-state index in [1.54, 1.807) is 23.9 Å². The number of nitrogens with zero attached hydrogens (tertiary/aromatic N) is 1. The van der Waals surface area contributed by atoms with Crippen LogP contribution in [-0.4, -0.2) is 48.9 Å². The Balaban J connectivity index is 1.86. The van der Waals surface area contributed by atoms with Crippen molar-refractivity contribution < 1.29 is 14.7 Å². The van der Waals surface area contributed by atoms with Gasteiger partial charge in [-0.2, -0.15) is 0 Å². The van der Waals surface area contributed by atoms with Crippen LogP contribution < -0.4 is 10.6 Å². The molecule has 0 aliphatic carbocycles. The van der Waals surface area contributed by atoms with Gasteiger partial charge >= 0.3 is 12.0 Å². The van der Waals surface area contributed by atoms with E-state index in [4.69, 9.17) is 5.11 Å². The number of carbonyl (C=O) groups is 2. The number of carbonyl (C=O) groups excluding carboxylic acids is 1. The number of hydrogen-bond acceptors (Lipinski definition) is 4. The van der Waals surface area contributed by atoms with Crippen LogP contribution >= 0.6 is 11.8 Å². The maximum Gasteiger partial charge on any atom is 0.335 e. The fraction of sp³-hybridized carbons (Fsp3) is 0.300. The molecule has 144 valence electrons. The van der Waals surface area contributed by atoms with Gasteiger partial charge in [0.2, 0.25) is 0 Å². The van der Waals surface area contributed by atoms with E-state index in [-0.39, 0.29) is 17.6 Å². The van der Waals surface area contributed by atoms with Crippen molar-refractivity contribution >= 4 is 23.8 Å². The van der Waals surface area contributed by atoms with E-state index in [2.05, 4.69) is 39.8 Å². The lowest BCUT2D eigenvalue weighted by Gasteiger charge is -2.25. The third-order valence-corrected chi connectivity index (χ3v) is 4.98. The van der Waals surface area contributed by atoms with Crippen LogP contribution in [0.15, 0.2) is 53.4 Å². The zero-order chi connectivity index (χ0) is 19.8. The molecule has 0 aliphatic heterocycles. The number of carboxylic acids is 1. The van der Waals surface area contributed by atoms with Gasteiger partial charge in [0.05, 0.1) is 11.6 Å². The number of amides is 2. The summed E-state index contributed by atoms with van der Waals surface area (Å²) < 4.78 is 0. The number of benzene rings is 2. The van der Waals surface area contributed by atoms with Crippen molar-refractivity contribution in [1.29, 1.82) is 0 Å². The number of carboxylic acid groups (broad SMARTS) is 1. The number of aromatic carboxylic acids is 1. The topological polar surface area (TPSA) is 81.7 Å². The van der Waals surface area contributed by atoms with Crippen molar-refractivity contribution in [2.75, 3.05) is 26.9 Å². The SMILES string of the molecule is CSc1ccc(C(CNC(=O)NCc2ccc(C(=O)O)cc2)N(C)C)cc1. The van der Waals surface area contributed by atoms with Gasteiger partial charge in [0.1, 0.15) is 0 Å². The van der Waals surface area contributed by atoms with Crippen LogP contribution in [0, 0.1) is 0 Å². The molecule has 2 aromatic rings. The summed E-state index contributed by atoms with van der Waals surface area (Å²) in [7, 11) is 3.97. The minimum absolute atomic E-state index is 0.0708. The Labute approximate surface area is 164 Å². The Morgan fingerprint density at radius 1 is 1.04 bits per heavy atom. The maximum atomic E-state index is 12.1. The standard InChI is InChI=1S/C20H25N3O3S/c1-23(2)18(15-8-10-17(27-3)11-9-15)13-22-20(26)21-12-14-4-6-16(7-5-14)19(24)25/h4-11,18H,12-13H2,1-3H3,(H,24,25)(H2,21,22,26). The monoisotopic (exact) mass is 387 g/mol. The molecule has 27 heavy (non-hydrogen) atoms. The molecule has 7 heteroatoms. The number of urea groups is 1. The molecule has 0 spiro atoms. The van der Waals surface area contributed by atoms with Crippen molar-refractivity contribution in [3.8, 4) is 0 Å². The molecule has 3 N–H and O–H groups in total. The minimum atomic E-state index is -0.965. The predicted molar refractivity (Wildman–Crippen MR) is 108 cm³/mol. The first-order valence-corrected chi connectivity index (χ1v) is 9.77. The molecule has 2 aromatic carbocycles. The van der Waals surface area contributed by atoms with Crippen LogP contribution in [0.3, 0.4) is 0 Å². The summed E-state index contributed by atoms with van der Waals surface area (Å²) in [6, 6.07) is 14.6. The molecule has 0 bridgehead atoms. The summed E-state index contributed by atoms with van der Waals surface area (Å²) >= 11 is 1.70. The molecule has 0 radical (unpaired) electrons. The van der Waals surface area contributed by atoms with Gasteiger partial charge < -0.3 is 20.6 Å². The van der Waals surface area contributed by atoms with Gasteiger partial charge in [0.15, 0.2) is 0 Å². The molecule has 0 heterocycles. The average molecular weight is 388 g/mol. The summed E-state index contributed by atoms with van der Waals surface area (Å²) in [5.74, 6) is -0.965. The van der Waals surface area contributed by atoms with E-state index >= 15 is 0 Å². The van der Waals surface area contributed by atoms with Crippen LogP contribution in [0.25, 0.3) is 0 Å². The lowest BCUT2D eigenvalue weighted by molar-refractivity contribution is 0.0697. The summed E-state index contributed by atoms with van der Waals surface area (Å²) in [4.78, 5) is 26.2. The van der Waals surface area contributed by atoms with Gasteiger partial charge in [-0.15, -0.1) is 11.8 Å². The second-order valence-corrected chi connectivity index (χ2v) is 7.20. The first-order valence-electron chi connectivity index (χ1n) is 8.55. The van der Waals surface area contributed by atoms with Crippen LogP contribution in [0.2, 0.25) is 0 Å². The molecule has 0 saturated carbocycles. The fourth-order valence-corrected chi connectivity index (χ4v) is 3.03. The van der Waals surface area contributed by atoms with Gasteiger partial charge in [-0.1, -0.05) is 24.3 Å². The van der Waals surface area contributed by atoms with Crippen molar-refractivity contribution in [2.24, 2.45) is 0 Å². The van der Waals surface area contributed by atoms with Gasteiger partial charge in [-0.3, -0.25) is 0 Å². The number of nitrogens with one attached hydrogen (secondary N) is 2. The zero-order valence-corrected chi connectivity index (χ0v) is 16.5. The molecule has 0 aliphatic rings. The van der Waals surface area contributed by atoms with E-state index in [9.17, 15) is 9.59 Å². The number of rotatable bonds is 8. The van der Waals surface area contributed by atoms with Gasteiger partial charge in [0, 0.05) is 18.0 Å². The molecule has 2 rings (SSSR count). The number of likely N-dealkylation sites (N-methyl/N-ethyl adjacent to an activating group) is 1. The first-order chi connectivity index (χ1) is 12.9. The fourth-order valence-electron chi connectivity index (χ4n) is 2.62. The van der Waals surface area contributed by atoms with Crippen molar-refractivity contribution in [3.63, 3.8) is 0 Å².